The van der Waals surface area contributed by atoms with Gasteiger partial charge in [0.15, 0.2) is 0 Å². The van der Waals surface area contributed by atoms with Gasteiger partial charge in [-0.25, -0.2) is 0 Å². The predicted molar refractivity (Wildman–Crippen MR) is 77.5 cm³/mol. The first kappa shape index (κ1) is 15.0. The molecule has 1 aromatic rings. The molecule has 0 heterocycles. The van der Waals surface area contributed by atoms with Crippen LogP contribution in [0.1, 0.15) is 38.2 Å². The summed E-state index contributed by atoms with van der Waals surface area (Å²) in [6.45, 7) is 2.10. The van der Waals surface area contributed by atoms with Crippen molar-refractivity contribution in [2.24, 2.45) is 0 Å². The molecule has 1 fully saturated rings. The van der Waals surface area contributed by atoms with Crippen molar-refractivity contribution < 1.29 is 15.0 Å². The molecule has 1 atom stereocenters. The quantitative estimate of drug-likeness (QED) is 0.837. The zero-order valence-corrected chi connectivity index (χ0v) is 12.0. The van der Waals surface area contributed by atoms with Crippen molar-refractivity contribution in [3.63, 3.8) is 0 Å². The Bertz CT molecular complexity index is 438. The zero-order valence-electron chi connectivity index (χ0n) is 12.0. The van der Waals surface area contributed by atoms with Crippen LogP contribution in [0.5, 0.6) is 0 Å². The van der Waals surface area contributed by atoms with Gasteiger partial charge in [0, 0.05) is 12.6 Å². The summed E-state index contributed by atoms with van der Waals surface area (Å²) in [6, 6.07) is 9.73. The van der Waals surface area contributed by atoms with Gasteiger partial charge in [-0.15, -0.1) is 0 Å². The third-order valence-electron chi connectivity index (χ3n) is 4.09. The van der Waals surface area contributed by atoms with Crippen LogP contribution < -0.4 is 0 Å². The smallest absolute Gasteiger partial charge is 0.317 e. The Kier molecular flexibility index (Phi) is 4.78. The van der Waals surface area contributed by atoms with Crippen LogP contribution in [-0.2, 0) is 10.4 Å². The summed E-state index contributed by atoms with van der Waals surface area (Å²) in [5.74, 6) is -0.833. The van der Waals surface area contributed by atoms with E-state index < -0.39 is 11.6 Å². The van der Waals surface area contributed by atoms with Crippen molar-refractivity contribution in [2.75, 3.05) is 13.1 Å². The molecule has 4 heteroatoms. The molecule has 0 aliphatic heterocycles. The number of carboxylic acids is 1. The van der Waals surface area contributed by atoms with Gasteiger partial charge < -0.3 is 10.2 Å². The fourth-order valence-corrected chi connectivity index (χ4v) is 3.04. The zero-order chi connectivity index (χ0) is 14.6. The number of aliphatic hydroxyl groups is 1. The molecule has 4 nitrogen and oxygen atoms in total. The minimum absolute atomic E-state index is 0.00630. The minimum Gasteiger partial charge on any atom is -0.480 e. The van der Waals surface area contributed by atoms with Gasteiger partial charge in [-0.1, -0.05) is 43.2 Å². The molecule has 1 aromatic carbocycles. The van der Waals surface area contributed by atoms with E-state index in [0.717, 1.165) is 31.2 Å². The molecular weight excluding hydrogens is 254 g/mol. The van der Waals surface area contributed by atoms with Gasteiger partial charge in [0.25, 0.3) is 0 Å². The van der Waals surface area contributed by atoms with E-state index in [2.05, 4.69) is 0 Å². The van der Waals surface area contributed by atoms with Crippen LogP contribution in [0.3, 0.4) is 0 Å². The molecule has 0 spiro atoms. The van der Waals surface area contributed by atoms with Crippen LogP contribution in [-0.4, -0.2) is 40.2 Å². The highest BCUT2D eigenvalue weighted by Crippen LogP contribution is 2.28. The van der Waals surface area contributed by atoms with Crippen LogP contribution in [0.2, 0.25) is 0 Å². The Morgan fingerprint density at radius 2 is 1.90 bits per heavy atom. The van der Waals surface area contributed by atoms with Crippen LogP contribution in [0.15, 0.2) is 30.3 Å². The van der Waals surface area contributed by atoms with E-state index in [1.807, 2.05) is 35.2 Å². The van der Waals surface area contributed by atoms with E-state index in [-0.39, 0.29) is 12.6 Å². The number of rotatable bonds is 6. The first-order chi connectivity index (χ1) is 9.49. The van der Waals surface area contributed by atoms with Crippen molar-refractivity contribution in [1.82, 2.24) is 4.90 Å². The molecule has 0 bridgehead atoms. The fraction of sp³-hybridized carbons (Fsp3) is 0.562. The number of hydrogen-bond donors (Lipinski definition) is 2. The lowest BCUT2D eigenvalue weighted by Gasteiger charge is -2.34. The van der Waals surface area contributed by atoms with Crippen LogP contribution in [0.4, 0.5) is 0 Å². The minimum atomic E-state index is -1.03. The van der Waals surface area contributed by atoms with Gasteiger partial charge in [0.05, 0.1) is 12.1 Å². The summed E-state index contributed by atoms with van der Waals surface area (Å²) in [4.78, 5) is 13.0. The van der Waals surface area contributed by atoms with Crippen molar-refractivity contribution in [1.29, 1.82) is 0 Å². The molecule has 1 aliphatic rings. The Morgan fingerprint density at radius 1 is 1.30 bits per heavy atom. The molecule has 0 amide bonds. The summed E-state index contributed by atoms with van der Waals surface area (Å²) in [7, 11) is 0. The molecule has 1 unspecified atom stereocenters. The average Bonchev–Trinajstić information content (AvgIpc) is 2.92. The van der Waals surface area contributed by atoms with E-state index in [1.54, 1.807) is 6.92 Å². The van der Waals surface area contributed by atoms with Gasteiger partial charge in [0.2, 0.25) is 0 Å². The highest BCUT2D eigenvalue weighted by molar-refractivity contribution is 5.69. The van der Waals surface area contributed by atoms with E-state index in [9.17, 15) is 9.90 Å². The lowest BCUT2D eigenvalue weighted by Crippen LogP contribution is -2.45. The number of nitrogens with zero attached hydrogens (tertiary/aromatic N) is 1. The van der Waals surface area contributed by atoms with Crippen molar-refractivity contribution >= 4 is 5.97 Å². The van der Waals surface area contributed by atoms with Crippen LogP contribution in [0, 0.1) is 0 Å². The van der Waals surface area contributed by atoms with Gasteiger partial charge >= 0.3 is 5.97 Å². The number of carbonyl (C=O) groups is 1. The van der Waals surface area contributed by atoms with Crippen molar-refractivity contribution in [3.8, 4) is 0 Å². The van der Waals surface area contributed by atoms with Crippen LogP contribution >= 0.6 is 0 Å². The van der Waals surface area contributed by atoms with Crippen molar-refractivity contribution in [2.45, 2.75) is 44.2 Å². The topological polar surface area (TPSA) is 60.8 Å². The summed E-state index contributed by atoms with van der Waals surface area (Å²) in [5.41, 5.74) is -0.201. The number of carboxylic acid groups (broad SMARTS) is 1. The van der Waals surface area contributed by atoms with Gasteiger partial charge in [0.1, 0.15) is 0 Å². The molecule has 0 saturated heterocycles. The molecule has 110 valence electrons. The number of aliphatic carboxylic acids is 1. The Balaban J connectivity index is 2.11. The highest BCUT2D eigenvalue weighted by atomic mass is 16.4. The van der Waals surface area contributed by atoms with E-state index >= 15 is 0 Å². The third-order valence-corrected chi connectivity index (χ3v) is 4.09. The summed E-state index contributed by atoms with van der Waals surface area (Å²) < 4.78 is 0. The Labute approximate surface area is 120 Å². The molecule has 0 radical (unpaired) electrons. The second-order valence-electron chi connectivity index (χ2n) is 5.88. The molecule has 2 N–H and O–H groups in total. The van der Waals surface area contributed by atoms with E-state index in [4.69, 9.17) is 5.11 Å². The molecule has 2 rings (SSSR count). The predicted octanol–water partition coefficient (Wildman–Crippen LogP) is 2.22. The second kappa shape index (κ2) is 6.37. The van der Waals surface area contributed by atoms with E-state index in [1.165, 1.54) is 0 Å². The monoisotopic (exact) mass is 277 g/mol. The highest BCUT2D eigenvalue weighted by Gasteiger charge is 2.32. The van der Waals surface area contributed by atoms with E-state index in [0.29, 0.717) is 6.54 Å². The summed E-state index contributed by atoms with van der Waals surface area (Å²) in [5, 5.41) is 19.8. The lowest BCUT2D eigenvalue weighted by atomic mass is 9.94. The molecule has 20 heavy (non-hydrogen) atoms. The van der Waals surface area contributed by atoms with Gasteiger partial charge in [-0.2, -0.15) is 0 Å². The first-order valence-electron chi connectivity index (χ1n) is 7.23. The summed E-state index contributed by atoms with van der Waals surface area (Å²) in [6.07, 6.45) is 4.35. The normalized spacial score (nSPS) is 19.1. The maximum atomic E-state index is 11.1. The fourth-order valence-electron chi connectivity index (χ4n) is 3.04. The third kappa shape index (κ3) is 3.81. The lowest BCUT2D eigenvalue weighted by molar-refractivity contribution is -0.139. The maximum absolute atomic E-state index is 11.1. The number of benzene rings is 1. The molecule has 1 aliphatic carbocycles. The van der Waals surface area contributed by atoms with Crippen molar-refractivity contribution in [3.05, 3.63) is 35.9 Å². The molecule has 0 aromatic heterocycles. The first-order valence-corrected chi connectivity index (χ1v) is 7.23. The molecular formula is C16H23NO3. The SMILES string of the molecule is CC(O)(CN(CC(=O)O)C1CCCC1)c1ccccc1. The average molecular weight is 277 g/mol. The van der Waals surface area contributed by atoms with Gasteiger partial charge in [-0.3, -0.25) is 9.69 Å². The number of hydrogen-bond acceptors (Lipinski definition) is 3. The maximum Gasteiger partial charge on any atom is 0.317 e. The largest absolute Gasteiger partial charge is 0.480 e. The standard InChI is InChI=1S/C16H23NO3/c1-16(20,13-7-3-2-4-8-13)12-17(11-15(18)19)14-9-5-6-10-14/h2-4,7-8,14,20H,5-6,9-12H2,1H3,(H,18,19). The Morgan fingerprint density at radius 3 is 2.45 bits per heavy atom. The second-order valence-corrected chi connectivity index (χ2v) is 5.88. The van der Waals surface area contributed by atoms with Gasteiger partial charge in [-0.05, 0) is 25.3 Å². The molecule has 1 saturated carbocycles. The summed E-state index contributed by atoms with van der Waals surface area (Å²) >= 11 is 0. The Hall–Kier alpha value is -1.39. The van der Waals surface area contributed by atoms with Crippen LogP contribution in [0.25, 0.3) is 0 Å².